The Hall–Kier alpha value is -2.38. The molecule has 33 heavy (non-hydrogen) atoms. The number of likely N-dealkylation sites (tertiary alicyclic amines) is 1. The van der Waals surface area contributed by atoms with Crippen molar-refractivity contribution < 1.29 is 0 Å². The number of pyridine rings is 1. The van der Waals surface area contributed by atoms with E-state index in [1.54, 1.807) is 0 Å². The highest BCUT2D eigenvalue weighted by Crippen LogP contribution is 2.14. The summed E-state index contributed by atoms with van der Waals surface area (Å²) in [6, 6.07) is 15.1. The molecule has 2 aromatic heterocycles. The molecule has 0 radical (unpaired) electrons. The molecule has 0 aliphatic carbocycles. The van der Waals surface area contributed by atoms with Crippen LogP contribution in [0.3, 0.4) is 0 Å². The van der Waals surface area contributed by atoms with Crippen molar-refractivity contribution in [3.63, 3.8) is 0 Å². The number of nitrogens with one attached hydrogen (secondary N) is 3. The van der Waals surface area contributed by atoms with E-state index in [1.165, 1.54) is 37.1 Å². The average molecular weight is 514 g/mol. The number of rotatable bonds is 7. The summed E-state index contributed by atoms with van der Waals surface area (Å²) in [5.41, 5.74) is 4.67. The molecule has 0 amide bonds. The van der Waals surface area contributed by atoms with Gasteiger partial charge in [0.25, 0.3) is 0 Å². The van der Waals surface area contributed by atoms with Gasteiger partial charge < -0.3 is 15.6 Å². The second kappa shape index (κ2) is 11.7. The molecule has 0 atom stereocenters. The van der Waals surface area contributed by atoms with Crippen LogP contribution in [-0.4, -0.2) is 40.5 Å². The van der Waals surface area contributed by atoms with E-state index in [-0.39, 0.29) is 22.4 Å². The number of halogens is 1. The van der Waals surface area contributed by atoms with Crippen LogP contribution < -0.4 is 10.6 Å². The Balaban J connectivity index is 0.00000306. The second-order valence-corrected chi connectivity index (χ2v) is 9.95. The third kappa shape index (κ3) is 7.86. The molecular weight excluding hydrogens is 476 g/mol. The lowest BCUT2D eigenvalue weighted by atomic mass is 9.97. The number of H-pyrrole nitrogens is 1. The first-order valence-corrected chi connectivity index (χ1v) is 11.7. The fourth-order valence-electron chi connectivity index (χ4n) is 3.89. The molecule has 3 heterocycles. The van der Waals surface area contributed by atoms with Crippen molar-refractivity contribution >= 4 is 34.0 Å². The van der Waals surface area contributed by atoms with E-state index in [0.29, 0.717) is 13.1 Å². The van der Waals surface area contributed by atoms with Crippen molar-refractivity contribution in [2.75, 3.05) is 19.6 Å². The topological polar surface area (TPSA) is 68.3 Å². The van der Waals surface area contributed by atoms with Gasteiger partial charge in [-0.1, -0.05) is 45.0 Å². The first kappa shape index (κ1) is 25.2. The lowest BCUT2D eigenvalue weighted by Crippen LogP contribution is -2.41. The van der Waals surface area contributed by atoms with Gasteiger partial charge in [-0.3, -0.25) is 4.90 Å². The van der Waals surface area contributed by atoms with Gasteiger partial charge in [0.15, 0.2) is 5.96 Å². The maximum Gasteiger partial charge on any atom is 0.191 e. The van der Waals surface area contributed by atoms with Crippen molar-refractivity contribution in [3.05, 3.63) is 65.5 Å². The van der Waals surface area contributed by atoms with E-state index in [1.807, 2.05) is 12.3 Å². The zero-order valence-electron chi connectivity index (χ0n) is 20.0. The average Bonchev–Trinajstić information content (AvgIpc) is 3.45. The largest absolute Gasteiger partial charge is 0.356 e. The predicted molar refractivity (Wildman–Crippen MR) is 143 cm³/mol. The van der Waals surface area contributed by atoms with Crippen molar-refractivity contribution in [1.82, 2.24) is 25.5 Å². The van der Waals surface area contributed by atoms with Gasteiger partial charge in [-0.05, 0) is 60.7 Å². The van der Waals surface area contributed by atoms with Gasteiger partial charge in [0, 0.05) is 24.7 Å². The number of aromatic nitrogens is 2. The quantitative estimate of drug-likeness (QED) is 0.307. The Bertz CT molecular complexity index is 1030. The zero-order valence-corrected chi connectivity index (χ0v) is 21.7. The minimum absolute atomic E-state index is 0. The molecule has 0 unspecified atom stereocenters. The molecule has 3 aromatic rings. The Morgan fingerprint density at radius 3 is 2.45 bits per heavy atom. The highest BCUT2D eigenvalue weighted by Gasteiger charge is 2.12. The van der Waals surface area contributed by atoms with Crippen molar-refractivity contribution in [3.8, 4) is 0 Å². The minimum Gasteiger partial charge on any atom is -0.356 e. The number of hydrogen-bond donors (Lipinski definition) is 3. The minimum atomic E-state index is 0. The van der Waals surface area contributed by atoms with E-state index in [0.717, 1.165) is 35.8 Å². The number of hydrogen-bond acceptors (Lipinski definition) is 3. The molecular formula is C26H37BrN6. The fraction of sp³-hybridized carbons (Fsp3) is 0.462. The molecule has 1 aromatic carbocycles. The SMILES string of the molecule is Br.CC(C)(C)CNC(=NCc1ccc(CN2CCCC2)cc1)NCc1ccc2cc[nH]c2n1. The number of aromatic amines is 1. The fourth-order valence-corrected chi connectivity index (χ4v) is 3.89. The summed E-state index contributed by atoms with van der Waals surface area (Å²) in [4.78, 5) is 15.2. The number of benzene rings is 1. The number of aliphatic imine (C=N–C) groups is 1. The summed E-state index contributed by atoms with van der Waals surface area (Å²) < 4.78 is 0. The lowest BCUT2D eigenvalue weighted by molar-refractivity contribution is 0.331. The predicted octanol–water partition coefficient (Wildman–Crippen LogP) is 5.02. The summed E-state index contributed by atoms with van der Waals surface area (Å²) in [7, 11) is 0. The molecule has 178 valence electrons. The normalized spacial score (nSPS) is 14.9. The van der Waals surface area contributed by atoms with E-state index in [4.69, 9.17) is 4.99 Å². The molecule has 0 spiro atoms. The Morgan fingerprint density at radius 1 is 1.00 bits per heavy atom. The van der Waals surface area contributed by atoms with Crippen LogP contribution in [0.2, 0.25) is 0 Å². The monoisotopic (exact) mass is 512 g/mol. The number of nitrogens with zero attached hydrogens (tertiary/aromatic N) is 3. The zero-order chi connectivity index (χ0) is 22.4. The Kier molecular flexibility index (Phi) is 8.92. The summed E-state index contributed by atoms with van der Waals surface area (Å²) >= 11 is 0. The van der Waals surface area contributed by atoms with Crippen molar-refractivity contribution in [2.24, 2.45) is 10.4 Å². The van der Waals surface area contributed by atoms with Gasteiger partial charge in [-0.25, -0.2) is 9.98 Å². The Labute approximate surface area is 208 Å². The smallest absolute Gasteiger partial charge is 0.191 e. The van der Waals surface area contributed by atoms with Crippen LogP contribution in [0.25, 0.3) is 11.0 Å². The van der Waals surface area contributed by atoms with Gasteiger partial charge in [0.2, 0.25) is 0 Å². The summed E-state index contributed by atoms with van der Waals surface area (Å²) in [6.45, 7) is 12.3. The van der Waals surface area contributed by atoms with E-state index >= 15 is 0 Å². The third-order valence-electron chi connectivity index (χ3n) is 5.74. The highest BCUT2D eigenvalue weighted by atomic mass is 79.9. The maximum absolute atomic E-state index is 4.85. The van der Waals surface area contributed by atoms with Crippen LogP contribution in [-0.2, 0) is 19.6 Å². The van der Waals surface area contributed by atoms with Crippen molar-refractivity contribution in [2.45, 2.75) is 53.2 Å². The molecule has 4 rings (SSSR count). The van der Waals surface area contributed by atoms with Gasteiger partial charge in [-0.2, -0.15) is 0 Å². The molecule has 1 aliphatic rings. The van der Waals surface area contributed by atoms with Crippen molar-refractivity contribution in [1.29, 1.82) is 0 Å². The molecule has 1 fully saturated rings. The second-order valence-electron chi connectivity index (χ2n) is 9.95. The molecule has 0 saturated carbocycles. The van der Waals surface area contributed by atoms with Gasteiger partial charge >= 0.3 is 0 Å². The first-order valence-electron chi connectivity index (χ1n) is 11.7. The maximum atomic E-state index is 4.85. The Morgan fingerprint density at radius 2 is 1.73 bits per heavy atom. The van der Waals surface area contributed by atoms with Crippen LogP contribution in [0.5, 0.6) is 0 Å². The summed E-state index contributed by atoms with van der Waals surface area (Å²) in [5.74, 6) is 0.814. The van der Waals surface area contributed by atoms with Gasteiger partial charge in [-0.15, -0.1) is 17.0 Å². The first-order chi connectivity index (χ1) is 15.4. The van der Waals surface area contributed by atoms with Crippen LogP contribution in [0.4, 0.5) is 0 Å². The molecule has 7 heteroatoms. The third-order valence-corrected chi connectivity index (χ3v) is 5.74. The number of fused-ring (bicyclic) bond motifs is 1. The van der Waals surface area contributed by atoms with E-state index in [9.17, 15) is 0 Å². The van der Waals surface area contributed by atoms with Crippen LogP contribution in [0.15, 0.2) is 53.7 Å². The molecule has 0 bridgehead atoms. The van der Waals surface area contributed by atoms with E-state index in [2.05, 4.69) is 82.7 Å². The van der Waals surface area contributed by atoms with Crippen LogP contribution in [0.1, 0.15) is 50.4 Å². The molecule has 6 nitrogen and oxygen atoms in total. The standard InChI is InChI=1S/C26H36N6.BrH/c1-26(2,3)19-30-25(29-17-23-11-10-22-12-13-27-24(22)31-23)28-16-20-6-8-21(9-7-20)18-32-14-4-5-15-32;/h6-13H,4-5,14-19H2,1-3H3,(H,27,31)(H2,28,29,30);1H. The van der Waals surface area contributed by atoms with Crippen LogP contribution >= 0.6 is 17.0 Å². The van der Waals surface area contributed by atoms with Gasteiger partial charge in [0.1, 0.15) is 5.65 Å². The molecule has 1 saturated heterocycles. The summed E-state index contributed by atoms with van der Waals surface area (Å²) in [6.07, 6.45) is 4.58. The van der Waals surface area contributed by atoms with E-state index < -0.39 is 0 Å². The lowest BCUT2D eigenvalue weighted by Gasteiger charge is -2.21. The summed E-state index contributed by atoms with van der Waals surface area (Å²) in [5, 5.41) is 8.07. The molecule has 3 N–H and O–H groups in total. The van der Waals surface area contributed by atoms with Gasteiger partial charge in [0.05, 0.1) is 18.8 Å². The highest BCUT2D eigenvalue weighted by molar-refractivity contribution is 8.93. The van der Waals surface area contributed by atoms with Crippen LogP contribution in [0, 0.1) is 5.41 Å². The number of guanidine groups is 1. The molecule has 1 aliphatic heterocycles.